The van der Waals surface area contributed by atoms with E-state index in [0.29, 0.717) is 5.95 Å². The number of likely N-dealkylation sites (N-methyl/N-ethyl adjacent to an activating group) is 1. The Morgan fingerprint density at radius 3 is 2.63 bits per heavy atom. The van der Waals surface area contributed by atoms with Crippen molar-refractivity contribution in [1.29, 1.82) is 0 Å². The van der Waals surface area contributed by atoms with E-state index in [2.05, 4.69) is 15.3 Å². The van der Waals surface area contributed by atoms with Crippen LogP contribution in [0.5, 0.6) is 0 Å². The van der Waals surface area contributed by atoms with Crippen LogP contribution >= 0.6 is 0 Å². The summed E-state index contributed by atoms with van der Waals surface area (Å²) in [5, 5.41) is 20.0. The van der Waals surface area contributed by atoms with Crippen molar-refractivity contribution < 1.29 is 19.8 Å². The fourth-order valence-electron chi connectivity index (χ4n) is 1.30. The molecule has 0 aliphatic rings. The molecule has 0 radical (unpaired) electrons. The topological polar surface area (TPSA) is 116 Å². The third-order valence-corrected chi connectivity index (χ3v) is 2.30. The van der Waals surface area contributed by atoms with Gasteiger partial charge in [0.15, 0.2) is 6.10 Å². The number of amides is 1. The maximum Gasteiger partial charge on any atom is 0.332 e. The predicted octanol–water partition coefficient (Wildman–Crippen LogP) is -1.14. The molecule has 19 heavy (non-hydrogen) atoms. The van der Waals surface area contributed by atoms with Gasteiger partial charge in [-0.05, 0) is 6.07 Å². The first-order valence-corrected chi connectivity index (χ1v) is 5.66. The molecule has 1 heterocycles. The molecular formula is C11H16N4O4. The van der Waals surface area contributed by atoms with Gasteiger partial charge in [0.05, 0.1) is 6.54 Å². The lowest BCUT2D eigenvalue weighted by Crippen LogP contribution is -2.37. The van der Waals surface area contributed by atoms with Crippen molar-refractivity contribution in [2.75, 3.05) is 25.0 Å². The number of aliphatic hydroxyl groups excluding tert-OH is 1. The molecule has 0 saturated heterocycles. The Morgan fingerprint density at radius 2 is 2.05 bits per heavy atom. The van der Waals surface area contributed by atoms with Crippen molar-refractivity contribution in [1.82, 2.24) is 15.3 Å². The number of carboxylic acid groups (broad SMARTS) is 1. The van der Waals surface area contributed by atoms with Crippen LogP contribution in [0.2, 0.25) is 0 Å². The molecule has 0 bridgehead atoms. The lowest BCUT2D eigenvalue weighted by atomic mass is 10.2. The number of rotatable bonds is 7. The number of carboxylic acids is 1. The molecule has 0 aliphatic carbocycles. The normalized spacial score (nSPS) is 11.7. The first kappa shape index (κ1) is 14.8. The first-order valence-electron chi connectivity index (χ1n) is 5.66. The highest BCUT2D eigenvalue weighted by molar-refractivity contribution is 5.80. The number of carbonyl (C=O) groups excluding carboxylic acids is 1. The molecule has 0 aliphatic heterocycles. The van der Waals surface area contributed by atoms with Crippen LogP contribution in [0.3, 0.4) is 0 Å². The van der Waals surface area contributed by atoms with E-state index in [0.717, 1.165) is 0 Å². The zero-order chi connectivity index (χ0) is 14.3. The standard InChI is InChI=1S/C11H16N4O4/c1-15(11-13-4-2-5-14-11)7-9(17)12-6-3-8(16)10(18)19/h2,4-5,8,16H,3,6-7H2,1H3,(H,12,17)(H,18,19). The average Bonchev–Trinajstić information content (AvgIpc) is 2.39. The summed E-state index contributed by atoms with van der Waals surface area (Å²) < 4.78 is 0. The lowest BCUT2D eigenvalue weighted by Gasteiger charge is -2.16. The van der Waals surface area contributed by atoms with E-state index in [1.54, 1.807) is 30.4 Å². The monoisotopic (exact) mass is 268 g/mol. The molecule has 0 spiro atoms. The van der Waals surface area contributed by atoms with Gasteiger partial charge in [-0.25, -0.2) is 14.8 Å². The first-order chi connectivity index (χ1) is 9.00. The largest absolute Gasteiger partial charge is 0.479 e. The van der Waals surface area contributed by atoms with Crippen LogP contribution in [0.25, 0.3) is 0 Å². The van der Waals surface area contributed by atoms with Crippen LogP contribution in [0.15, 0.2) is 18.5 Å². The predicted molar refractivity (Wildman–Crippen MR) is 66.6 cm³/mol. The van der Waals surface area contributed by atoms with Crippen molar-refractivity contribution in [3.05, 3.63) is 18.5 Å². The average molecular weight is 268 g/mol. The fraction of sp³-hybridized carbons (Fsp3) is 0.455. The number of nitrogens with one attached hydrogen (secondary N) is 1. The van der Waals surface area contributed by atoms with Gasteiger partial charge in [-0.3, -0.25) is 4.79 Å². The number of anilines is 1. The Labute approximate surface area is 110 Å². The highest BCUT2D eigenvalue weighted by Crippen LogP contribution is 2.00. The Kier molecular flexibility index (Phi) is 5.68. The number of hydrogen-bond donors (Lipinski definition) is 3. The molecule has 1 aromatic heterocycles. The molecule has 0 saturated carbocycles. The molecule has 1 atom stereocenters. The van der Waals surface area contributed by atoms with Gasteiger partial charge in [0, 0.05) is 32.4 Å². The second-order valence-corrected chi connectivity index (χ2v) is 3.90. The van der Waals surface area contributed by atoms with Crippen molar-refractivity contribution >= 4 is 17.8 Å². The van der Waals surface area contributed by atoms with Gasteiger partial charge in [-0.15, -0.1) is 0 Å². The highest BCUT2D eigenvalue weighted by atomic mass is 16.4. The minimum Gasteiger partial charge on any atom is -0.479 e. The number of carbonyl (C=O) groups is 2. The van der Waals surface area contributed by atoms with Gasteiger partial charge in [-0.2, -0.15) is 0 Å². The van der Waals surface area contributed by atoms with Gasteiger partial charge >= 0.3 is 5.97 Å². The zero-order valence-corrected chi connectivity index (χ0v) is 10.5. The van der Waals surface area contributed by atoms with Gasteiger partial charge in [0.25, 0.3) is 0 Å². The second kappa shape index (κ2) is 7.27. The third kappa shape index (κ3) is 5.30. The number of aliphatic hydroxyl groups is 1. The minimum absolute atomic E-state index is 0.0351. The Hall–Kier alpha value is -2.22. The molecule has 0 fully saturated rings. The van der Waals surface area contributed by atoms with Crippen LogP contribution in [0.4, 0.5) is 5.95 Å². The minimum atomic E-state index is -1.46. The summed E-state index contributed by atoms with van der Waals surface area (Å²) in [6, 6.07) is 1.67. The van der Waals surface area contributed by atoms with E-state index in [1.165, 1.54) is 0 Å². The Bertz CT molecular complexity index is 426. The van der Waals surface area contributed by atoms with E-state index in [-0.39, 0.29) is 25.4 Å². The molecule has 0 aromatic carbocycles. The van der Waals surface area contributed by atoms with E-state index in [4.69, 9.17) is 10.2 Å². The van der Waals surface area contributed by atoms with Crippen molar-refractivity contribution in [2.24, 2.45) is 0 Å². The summed E-state index contributed by atoms with van der Waals surface area (Å²) in [4.78, 5) is 31.4. The second-order valence-electron chi connectivity index (χ2n) is 3.90. The number of aliphatic carboxylic acids is 1. The Balaban J connectivity index is 2.30. The molecule has 8 heteroatoms. The Morgan fingerprint density at radius 1 is 1.42 bits per heavy atom. The SMILES string of the molecule is CN(CC(=O)NCCC(O)C(=O)O)c1ncccn1. The van der Waals surface area contributed by atoms with Gasteiger partial charge in [0.2, 0.25) is 11.9 Å². The smallest absolute Gasteiger partial charge is 0.332 e. The van der Waals surface area contributed by atoms with E-state index in [1.807, 2.05) is 0 Å². The maximum absolute atomic E-state index is 11.5. The van der Waals surface area contributed by atoms with Gasteiger partial charge in [-0.1, -0.05) is 0 Å². The molecule has 1 rings (SSSR count). The van der Waals surface area contributed by atoms with Crippen LogP contribution in [0.1, 0.15) is 6.42 Å². The molecule has 104 valence electrons. The molecule has 3 N–H and O–H groups in total. The summed E-state index contributed by atoms with van der Waals surface area (Å²) in [6.07, 6.45) is 1.64. The van der Waals surface area contributed by atoms with Gasteiger partial charge in [0.1, 0.15) is 0 Å². The molecule has 8 nitrogen and oxygen atoms in total. The van der Waals surface area contributed by atoms with E-state index >= 15 is 0 Å². The lowest BCUT2D eigenvalue weighted by molar-refractivity contribution is -0.147. The number of nitrogens with zero attached hydrogens (tertiary/aromatic N) is 3. The molecule has 1 amide bonds. The van der Waals surface area contributed by atoms with Crippen LogP contribution in [0, 0.1) is 0 Å². The number of hydrogen-bond acceptors (Lipinski definition) is 6. The summed E-state index contributed by atoms with van der Waals surface area (Å²) in [6.45, 7) is 0.142. The van der Waals surface area contributed by atoms with E-state index in [9.17, 15) is 9.59 Å². The van der Waals surface area contributed by atoms with Crippen molar-refractivity contribution in [2.45, 2.75) is 12.5 Å². The quantitative estimate of drug-likeness (QED) is 0.572. The summed E-state index contributed by atoms with van der Waals surface area (Å²) in [7, 11) is 1.67. The maximum atomic E-state index is 11.5. The molecule has 1 unspecified atom stereocenters. The summed E-state index contributed by atoms with van der Waals surface area (Å²) >= 11 is 0. The van der Waals surface area contributed by atoms with Crippen molar-refractivity contribution in [3.8, 4) is 0 Å². The van der Waals surface area contributed by atoms with Crippen LogP contribution < -0.4 is 10.2 Å². The van der Waals surface area contributed by atoms with Crippen LogP contribution in [-0.4, -0.2) is 58.3 Å². The third-order valence-electron chi connectivity index (χ3n) is 2.30. The fourth-order valence-corrected chi connectivity index (χ4v) is 1.30. The molecular weight excluding hydrogens is 252 g/mol. The van der Waals surface area contributed by atoms with Gasteiger partial charge < -0.3 is 20.4 Å². The molecule has 1 aromatic rings. The highest BCUT2D eigenvalue weighted by Gasteiger charge is 2.13. The van der Waals surface area contributed by atoms with Crippen LogP contribution in [-0.2, 0) is 9.59 Å². The van der Waals surface area contributed by atoms with Crippen molar-refractivity contribution in [3.63, 3.8) is 0 Å². The van der Waals surface area contributed by atoms with E-state index < -0.39 is 12.1 Å². The summed E-state index contributed by atoms with van der Waals surface area (Å²) in [5.74, 6) is -1.18. The number of aromatic nitrogens is 2. The summed E-state index contributed by atoms with van der Waals surface area (Å²) in [5.41, 5.74) is 0. The zero-order valence-electron chi connectivity index (χ0n) is 10.5.